The fourth-order valence-corrected chi connectivity index (χ4v) is 3.08. The summed E-state index contributed by atoms with van der Waals surface area (Å²) < 4.78 is 0. The second-order valence-electron chi connectivity index (χ2n) is 4.69. The Hall–Kier alpha value is -2.87. The van der Waals surface area contributed by atoms with E-state index in [0.717, 1.165) is 0 Å². The molecular formula is C16H15N3O4S. The number of nitrogens with one attached hydrogen (secondary N) is 2. The van der Waals surface area contributed by atoms with Gasteiger partial charge >= 0.3 is 0 Å². The van der Waals surface area contributed by atoms with E-state index in [9.17, 15) is 19.7 Å². The van der Waals surface area contributed by atoms with Crippen LogP contribution in [0.3, 0.4) is 0 Å². The zero-order valence-corrected chi connectivity index (χ0v) is 13.8. The number of nitro benzene ring substituents is 1. The number of rotatable bonds is 5. The van der Waals surface area contributed by atoms with E-state index in [-0.39, 0.29) is 17.2 Å². The third-order valence-electron chi connectivity index (χ3n) is 3.22. The van der Waals surface area contributed by atoms with Gasteiger partial charge in [-0.15, -0.1) is 0 Å². The molecule has 124 valence electrons. The highest BCUT2D eigenvalue weighted by atomic mass is 32.2. The summed E-state index contributed by atoms with van der Waals surface area (Å²) in [5.41, 5.74) is 0.479. The minimum Gasteiger partial charge on any atom is -0.355 e. The fraction of sp³-hybridized carbons (Fsp3) is 0.125. The molecule has 0 atom stereocenters. The van der Waals surface area contributed by atoms with Gasteiger partial charge in [0.05, 0.1) is 16.1 Å². The van der Waals surface area contributed by atoms with Crippen molar-refractivity contribution < 1.29 is 14.5 Å². The molecule has 2 aromatic rings. The maximum atomic E-state index is 12.0. The lowest BCUT2D eigenvalue weighted by molar-refractivity contribution is -0.384. The highest BCUT2D eigenvalue weighted by Crippen LogP contribution is 2.34. The van der Waals surface area contributed by atoms with Crippen molar-refractivity contribution in [3.05, 3.63) is 63.7 Å². The van der Waals surface area contributed by atoms with E-state index in [1.54, 1.807) is 24.3 Å². The van der Waals surface area contributed by atoms with Crippen molar-refractivity contribution in [1.82, 2.24) is 10.6 Å². The van der Waals surface area contributed by atoms with Gasteiger partial charge in [-0.3, -0.25) is 19.7 Å². The lowest BCUT2D eigenvalue weighted by Gasteiger charge is -2.11. The second kappa shape index (κ2) is 7.60. The molecule has 2 N–H and O–H groups in total. The molecule has 7 nitrogen and oxygen atoms in total. The number of carbonyl (C=O) groups is 2. The van der Waals surface area contributed by atoms with Crippen molar-refractivity contribution in [3.63, 3.8) is 0 Å². The Balaban J connectivity index is 2.49. The summed E-state index contributed by atoms with van der Waals surface area (Å²) in [6.45, 7) is 0. The van der Waals surface area contributed by atoms with Crippen LogP contribution in [0.1, 0.15) is 20.7 Å². The van der Waals surface area contributed by atoms with Crippen molar-refractivity contribution in [1.29, 1.82) is 0 Å². The van der Waals surface area contributed by atoms with Crippen LogP contribution in [0.25, 0.3) is 0 Å². The zero-order valence-electron chi connectivity index (χ0n) is 13.0. The quantitative estimate of drug-likeness (QED) is 0.640. The van der Waals surface area contributed by atoms with E-state index in [2.05, 4.69) is 10.6 Å². The number of nitrogens with zero attached hydrogens (tertiary/aromatic N) is 1. The van der Waals surface area contributed by atoms with Gasteiger partial charge in [-0.2, -0.15) is 0 Å². The molecular weight excluding hydrogens is 330 g/mol. The summed E-state index contributed by atoms with van der Waals surface area (Å²) in [5.74, 6) is -0.680. The Bertz CT molecular complexity index is 808. The smallest absolute Gasteiger partial charge is 0.270 e. The molecule has 0 aliphatic heterocycles. The Morgan fingerprint density at radius 1 is 0.958 bits per heavy atom. The molecule has 0 spiro atoms. The average Bonchev–Trinajstić information content (AvgIpc) is 2.61. The Kier molecular flexibility index (Phi) is 5.54. The lowest BCUT2D eigenvalue weighted by atomic mass is 10.2. The summed E-state index contributed by atoms with van der Waals surface area (Å²) >= 11 is 1.20. The van der Waals surface area contributed by atoms with Crippen molar-refractivity contribution >= 4 is 29.3 Å². The summed E-state index contributed by atoms with van der Waals surface area (Å²) in [6, 6.07) is 11.0. The van der Waals surface area contributed by atoms with Crippen molar-refractivity contribution in [2.24, 2.45) is 0 Å². The van der Waals surface area contributed by atoms with Gasteiger partial charge in [0, 0.05) is 36.0 Å². The molecule has 0 fully saturated rings. The van der Waals surface area contributed by atoms with Crippen LogP contribution in [0.15, 0.2) is 52.3 Å². The van der Waals surface area contributed by atoms with Gasteiger partial charge in [0.15, 0.2) is 0 Å². The first-order valence-electron chi connectivity index (χ1n) is 6.97. The van der Waals surface area contributed by atoms with Crippen molar-refractivity contribution in [3.8, 4) is 0 Å². The van der Waals surface area contributed by atoms with Crippen LogP contribution < -0.4 is 10.6 Å². The number of nitro groups is 1. The predicted octanol–water partition coefficient (Wildman–Crippen LogP) is 2.47. The molecule has 24 heavy (non-hydrogen) atoms. The minimum atomic E-state index is -0.556. The van der Waals surface area contributed by atoms with E-state index < -0.39 is 10.8 Å². The van der Waals surface area contributed by atoms with Crippen LogP contribution in [0.2, 0.25) is 0 Å². The molecule has 0 radical (unpaired) electrons. The van der Waals surface area contributed by atoms with Crippen molar-refractivity contribution in [2.45, 2.75) is 9.79 Å². The maximum Gasteiger partial charge on any atom is 0.270 e. The average molecular weight is 345 g/mol. The van der Waals surface area contributed by atoms with E-state index in [4.69, 9.17) is 0 Å². The van der Waals surface area contributed by atoms with Gasteiger partial charge < -0.3 is 10.6 Å². The molecule has 8 heteroatoms. The van der Waals surface area contributed by atoms with Crippen LogP contribution in [0, 0.1) is 10.1 Å². The number of benzene rings is 2. The van der Waals surface area contributed by atoms with Gasteiger partial charge in [-0.25, -0.2) is 0 Å². The first-order valence-corrected chi connectivity index (χ1v) is 7.79. The molecule has 2 aromatic carbocycles. The summed E-state index contributed by atoms with van der Waals surface area (Å²) in [6.07, 6.45) is 0. The topological polar surface area (TPSA) is 101 Å². The zero-order chi connectivity index (χ0) is 17.7. The highest BCUT2D eigenvalue weighted by Gasteiger charge is 2.18. The Labute approximate surface area is 142 Å². The number of hydrogen-bond donors (Lipinski definition) is 2. The van der Waals surface area contributed by atoms with E-state index >= 15 is 0 Å². The fourth-order valence-electron chi connectivity index (χ4n) is 2.03. The minimum absolute atomic E-state index is 0.169. The van der Waals surface area contributed by atoms with E-state index in [1.165, 1.54) is 44.1 Å². The third-order valence-corrected chi connectivity index (χ3v) is 4.38. The third kappa shape index (κ3) is 3.72. The predicted molar refractivity (Wildman–Crippen MR) is 90.4 cm³/mol. The van der Waals surface area contributed by atoms with Gasteiger partial charge in [0.2, 0.25) is 0 Å². The van der Waals surface area contributed by atoms with Crippen LogP contribution in [-0.2, 0) is 0 Å². The molecule has 0 aliphatic carbocycles. The molecule has 0 bridgehead atoms. The highest BCUT2D eigenvalue weighted by molar-refractivity contribution is 7.99. The molecule has 2 amide bonds. The number of amides is 2. The Morgan fingerprint density at radius 3 is 2.17 bits per heavy atom. The van der Waals surface area contributed by atoms with Gasteiger partial charge in [0.25, 0.3) is 17.5 Å². The van der Waals surface area contributed by atoms with Crippen molar-refractivity contribution in [2.75, 3.05) is 14.1 Å². The number of non-ortho nitro benzene ring substituents is 1. The summed E-state index contributed by atoms with van der Waals surface area (Å²) in [7, 11) is 2.99. The number of hydrogen-bond acceptors (Lipinski definition) is 5. The van der Waals surface area contributed by atoms with Crippen LogP contribution in [-0.4, -0.2) is 30.8 Å². The van der Waals surface area contributed by atoms with Gasteiger partial charge in [0.1, 0.15) is 0 Å². The van der Waals surface area contributed by atoms with Crippen LogP contribution in [0.4, 0.5) is 5.69 Å². The first kappa shape index (κ1) is 17.5. The normalized spacial score (nSPS) is 10.1. The van der Waals surface area contributed by atoms with Gasteiger partial charge in [-0.05, 0) is 18.2 Å². The van der Waals surface area contributed by atoms with Gasteiger partial charge in [-0.1, -0.05) is 23.9 Å². The number of carbonyl (C=O) groups excluding carboxylic acids is 2. The van der Waals surface area contributed by atoms with Crippen LogP contribution in [0.5, 0.6) is 0 Å². The second-order valence-corrected chi connectivity index (χ2v) is 5.78. The largest absolute Gasteiger partial charge is 0.355 e. The molecule has 0 aromatic heterocycles. The molecule has 2 rings (SSSR count). The molecule has 0 saturated heterocycles. The Morgan fingerprint density at radius 2 is 1.54 bits per heavy atom. The first-order chi connectivity index (χ1) is 11.5. The molecule has 0 saturated carbocycles. The standard InChI is InChI=1S/C16H15N3O4S/c1-17-15(20)11-5-3-4-6-13(11)24-14-8-7-10(19(22)23)9-12(14)16(21)18-2/h3-9H,1-2H3,(H,17,20)(H,18,21). The van der Waals surface area contributed by atoms with E-state index in [1.807, 2.05) is 0 Å². The maximum absolute atomic E-state index is 12.0. The van der Waals surface area contributed by atoms with Crippen LogP contribution >= 0.6 is 11.8 Å². The lowest BCUT2D eigenvalue weighted by Crippen LogP contribution is -2.19. The summed E-state index contributed by atoms with van der Waals surface area (Å²) in [4.78, 5) is 35.5. The molecule has 0 unspecified atom stereocenters. The monoisotopic (exact) mass is 345 g/mol. The SMILES string of the molecule is CNC(=O)c1ccccc1Sc1ccc([N+](=O)[O-])cc1C(=O)NC. The summed E-state index contributed by atoms with van der Waals surface area (Å²) in [5, 5.41) is 16.0. The van der Waals surface area contributed by atoms with E-state index in [0.29, 0.717) is 15.4 Å². The molecule has 0 aliphatic rings. The molecule has 0 heterocycles.